The molecule has 0 aromatic rings. The number of hydrogen-bond acceptors (Lipinski definition) is 4. The predicted molar refractivity (Wildman–Crippen MR) is 62.4 cm³/mol. The summed E-state index contributed by atoms with van der Waals surface area (Å²) < 4.78 is 5.38. The lowest BCUT2D eigenvalue weighted by Crippen LogP contribution is -2.41. The number of carbonyl (C=O) groups excluding carboxylic acids is 2. The van der Waals surface area contributed by atoms with Crippen LogP contribution in [0.15, 0.2) is 0 Å². The zero-order valence-corrected chi connectivity index (χ0v) is 10.4. The van der Waals surface area contributed by atoms with E-state index in [1.54, 1.807) is 0 Å². The molecule has 1 unspecified atom stereocenters. The van der Waals surface area contributed by atoms with Crippen molar-refractivity contribution in [3.8, 4) is 0 Å². The van der Waals surface area contributed by atoms with Crippen molar-refractivity contribution < 1.29 is 14.3 Å². The van der Waals surface area contributed by atoms with Gasteiger partial charge in [-0.25, -0.2) is 0 Å². The number of carbonyl (C=O) groups is 2. The fraction of sp³-hybridized carbons (Fsp3) is 0.833. The van der Waals surface area contributed by atoms with Crippen molar-refractivity contribution in [1.29, 1.82) is 0 Å². The van der Waals surface area contributed by atoms with Crippen molar-refractivity contribution in [2.24, 2.45) is 0 Å². The van der Waals surface area contributed by atoms with E-state index < -0.39 is 0 Å². The molecule has 96 valence electrons. The summed E-state index contributed by atoms with van der Waals surface area (Å²) in [5, 5.41) is 3.09. The van der Waals surface area contributed by atoms with E-state index in [9.17, 15) is 9.59 Å². The molecular formula is C12H20N2O3. The molecule has 1 heterocycles. The van der Waals surface area contributed by atoms with Crippen LogP contribution in [0.25, 0.3) is 0 Å². The van der Waals surface area contributed by atoms with Crippen molar-refractivity contribution >= 4 is 11.8 Å². The number of hydrogen-bond donors (Lipinski definition) is 1. The SMILES string of the molecule is CC(C)OCCNC1CC(=O)N(C2CC2)C1=O. The Hall–Kier alpha value is -0.940. The van der Waals surface area contributed by atoms with Gasteiger partial charge >= 0.3 is 0 Å². The van der Waals surface area contributed by atoms with Crippen LogP contribution in [0.1, 0.15) is 33.1 Å². The molecular weight excluding hydrogens is 220 g/mol. The van der Waals surface area contributed by atoms with Gasteiger partial charge in [0.1, 0.15) is 0 Å². The van der Waals surface area contributed by atoms with Gasteiger partial charge in [0.2, 0.25) is 11.8 Å². The van der Waals surface area contributed by atoms with Gasteiger partial charge in [0.05, 0.1) is 25.2 Å². The zero-order valence-electron chi connectivity index (χ0n) is 10.4. The standard InChI is InChI=1S/C12H20N2O3/c1-8(2)17-6-5-13-10-7-11(15)14(12(10)16)9-3-4-9/h8-10,13H,3-7H2,1-2H3. The van der Waals surface area contributed by atoms with Crippen molar-refractivity contribution in [2.75, 3.05) is 13.2 Å². The maximum Gasteiger partial charge on any atom is 0.247 e. The van der Waals surface area contributed by atoms with Gasteiger partial charge < -0.3 is 10.1 Å². The molecule has 2 aliphatic rings. The van der Waals surface area contributed by atoms with Gasteiger partial charge in [0.15, 0.2) is 0 Å². The van der Waals surface area contributed by atoms with E-state index in [1.807, 2.05) is 13.8 Å². The Labute approximate surface area is 101 Å². The van der Waals surface area contributed by atoms with Gasteiger partial charge in [-0.05, 0) is 26.7 Å². The molecule has 0 radical (unpaired) electrons. The van der Waals surface area contributed by atoms with Gasteiger partial charge in [-0.3, -0.25) is 14.5 Å². The number of amides is 2. The minimum Gasteiger partial charge on any atom is -0.377 e. The first-order chi connectivity index (χ1) is 8.09. The Bertz CT molecular complexity index is 313. The zero-order chi connectivity index (χ0) is 12.4. The second-order valence-corrected chi connectivity index (χ2v) is 4.96. The van der Waals surface area contributed by atoms with Gasteiger partial charge in [0.25, 0.3) is 0 Å². The number of likely N-dealkylation sites (tertiary alicyclic amines) is 1. The molecule has 0 aromatic carbocycles. The third kappa shape index (κ3) is 3.04. The summed E-state index contributed by atoms with van der Waals surface area (Å²) in [6, 6.07) is -0.146. The van der Waals surface area contributed by atoms with Gasteiger partial charge in [-0.2, -0.15) is 0 Å². The summed E-state index contributed by atoms with van der Waals surface area (Å²) in [5.41, 5.74) is 0. The molecule has 1 atom stereocenters. The molecule has 0 spiro atoms. The summed E-state index contributed by atoms with van der Waals surface area (Å²) in [6.07, 6.45) is 2.44. The number of rotatable bonds is 6. The van der Waals surface area contributed by atoms with E-state index in [0.29, 0.717) is 19.6 Å². The molecule has 1 aliphatic heterocycles. The van der Waals surface area contributed by atoms with Gasteiger partial charge in [-0.15, -0.1) is 0 Å². The fourth-order valence-electron chi connectivity index (χ4n) is 2.05. The molecule has 0 bridgehead atoms. The third-order valence-electron chi connectivity index (χ3n) is 3.04. The lowest BCUT2D eigenvalue weighted by molar-refractivity contribution is -0.139. The van der Waals surface area contributed by atoms with E-state index in [-0.39, 0.29) is 30.0 Å². The number of nitrogens with zero attached hydrogens (tertiary/aromatic N) is 1. The van der Waals surface area contributed by atoms with Crippen LogP contribution in [0, 0.1) is 0 Å². The van der Waals surface area contributed by atoms with Crippen LogP contribution in [0.2, 0.25) is 0 Å². The molecule has 0 aromatic heterocycles. The van der Waals surface area contributed by atoms with Crippen LogP contribution >= 0.6 is 0 Å². The Kier molecular flexibility index (Phi) is 3.79. The maximum absolute atomic E-state index is 11.9. The van der Waals surface area contributed by atoms with Crippen molar-refractivity contribution in [2.45, 2.75) is 51.3 Å². The van der Waals surface area contributed by atoms with E-state index >= 15 is 0 Å². The smallest absolute Gasteiger partial charge is 0.247 e. The lowest BCUT2D eigenvalue weighted by atomic mass is 10.2. The molecule has 5 nitrogen and oxygen atoms in total. The van der Waals surface area contributed by atoms with Crippen molar-refractivity contribution in [1.82, 2.24) is 10.2 Å². The highest BCUT2D eigenvalue weighted by Gasteiger charge is 2.45. The molecule has 2 fully saturated rings. The predicted octanol–water partition coefficient (Wildman–Crippen LogP) is 0.291. The molecule has 1 aliphatic carbocycles. The van der Waals surface area contributed by atoms with E-state index in [4.69, 9.17) is 4.74 Å². The number of imide groups is 1. The molecule has 2 rings (SSSR count). The third-order valence-corrected chi connectivity index (χ3v) is 3.04. The van der Waals surface area contributed by atoms with E-state index in [1.165, 1.54) is 4.90 Å². The van der Waals surface area contributed by atoms with Crippen LogP contribution in [-0.4, -0.2) is 48.1 Å². The first kappa shape index (κ1) is 12.5. The average Bonchev–Trinajstić information content (AvgIpc) is 3.02. The van der Waals surface area contributed by atoms with Crippen LogP contribution in [-0.2, 0) is 14.3 Å². The Morgan fingerprint density at radius 1 is 1.41 bits per heavy atom. The quantitative estimate of drug-likeness (QED) is 0.535. The maximum atomic E-state index is 11.9. The first-order valence-corrected chi connectivity index (χ1v) is 6.30. The second-order valence-electron chi connectivity index (χ2n) is 4.96. The summed E-state index contributed by atoms with van der Waals surface area (Å²) in [5.74, 6) is -0.0816. The fourth-order valence-corrected chi connectivity index (χ4v) is 2.05. The minimum atomic E-state index is -0.334. The molecule has 1 N–H and O–H groups in total. The van der Waals surface area contributed by atoms with Crippen molar-refractivity contribution in [3.05, 3.63) is 0 Å². The summed E-state index contributed by atoms with van der Waals surface area (Å²) >= 11 is 0. The van der Waals surface area contributed by atoms with Crippen LogP contribution in [0.5, 0.6) is 0 Å². The van der Waals surface area contributed by atoms with E-state index in [0.717, 1.165) is 12.8 Å². The van der Waals surface area contributed by atoms with Gasteiger partial charge in [-0.1, -0.05) is 0 Å². The van der Waals surface area contributed by atoms with Crippen LogP contribution in [0.3, 0.4) is 0 Å². The topological polar surface area (TPSA) is 58.6 Å². The molecule has 2 amide bonds. The van der Waals surface area contributed by atoms with Crippen LogP contribution in [0.4, 0.5) is 0 Å². The average molecular weight is 240 g/mol. The summed E-state index contributed by atoms with van der Waals surface area (Å²) in [6.45, 7) is 5.12. The summed E-state index contributed by atoms with van der Waals surface area (Å²) in [4.78, 5) is 25.0. The second kappa shape index (κ2) is 5.14. The highest BCUT2D eigenvalue weighted by molar-refractivity contribution is 6.06. The molecule has 17 heavy (non-hydrogen) atoms. The molecule has 5 heteroatoms. The summed E-state index contributed by atoms with van der Waals surface area (Å²) in [7, 11) is 0. The highest BCUT2D eigenvalue weighted by atomic mass is 16.5. The van der Waals surface area contributed by atoms with Crippen LogP contribution < -0.4 is 5.32 Å². The first-order valence-electron chi connectivity index (χ1n) is 6.30. The van der Waals surface area contributed by atoms with Gasteiger partial charge in [0, 0.05) is 12.6 Å². The van der Waals surface area contributed by atoms with Crippen molar-refractivity contribution in [3.63, 3.8) is 0 Å². The lowest BCUT2D eigenvalue weighted by Gasteiger charge is -2.14. The minimum absolute atomic E-state index is 0.0280. The molecule has 1 saturated heterocycles. The normalized spacial score (nSPS) is 25.1. The Morgan fingerprint density at radius 2 is 2.12 bits per heavy atom. The largest absolute Gasteiger partial charge is 0.377 e. The van der Waals surface area contributed by atoms with E-state index in [2.05, 4.69) is 5.32 Å². The monoisotopic (exact) mass is 240 g/mol. The highest BCUT2D eigenvalue weighted by Crippen LogP contribution is 2.31. The number of nitrogens with one attached hydrogen (secondary N) is 1. The Balaban J connectivity index is 1.75. The number of ether oxygens (including phenoxy) is 1. The molecule has 1 saturated carbocycles. The Morgan fingerprint density at radius 3 is 2.71 bits per heavy atom.